The summed E-state index contributed by atoms with van der Waals surface area (Å²) in [4.78, 5) is 3.99. The van der Waals surface area contributed by atoms with Crippen molar-refractivity contribution in [2.75, 3.05) is 11.1 Å². The minimum atomic E-state index is -5.49. The van der Waals surface area contributed by atoms with Crippen LogP contribution in [0.2, 0.25) is 15.5 Å². The summed E-state index contributed by atoms with van der Waals surface area (Å²) in [6.45, 7) is 0. The number of azo groups is 1. The quantitative estimate of drug-likeness (QED) is 0.0384. The van der Waals surface area contributed by atoms with Gasteiger partial charge in [0.1, 0.15) is 35.4 Å². The minimum Gasteiger partial charge on any atom is -0.871 e. The Kier molecular flexibility index (Phi) is 17.0. The van der Waals surface area contributed by atoms with E-state index >= 15 is 0 Å². The molecule has 255 valence electrons. The predicted octanol–water partition coefficient (Wildman–Crippen LogP) is -5.65. The molecular formula is C24H10Cl3CuN6Na3O11S3. The zero-order chi connectivity index (χ0) is 34.8. The van der Waals surface area contributed by atoms with Gasteiger partial charge in [-0.2, -0.15) is 15.2 Å². The summed E-state index contributed by atoms with van der Waals surface area (Å²) in [5.41, 5.74) is 3.54. The van der Waals surface area contributed by atoms with E-state index in [4.69, 9.17) is 40.5 Å². The van der Waals surface area contributed by atoms with Gasteiger partial charge >= 0.3 is 106 Å². The third kappa shape index (κ3) is 10.2. The average Bonchev–Trinajstić information content (AvgIpc) is 2.94. The second-order valence-electron chi connectivity index (χ2n) is 9.24. The van der Waals surface area contributed by atoms with Gasteiger partial charge in [-0.25, -0.2) is 30.2 Å². The fourth-order valence-corrected chi connectivity index (χ4v) is 7.01. The molecule has 5 aromatic rings. The Bertz CT molecular complexity index is 2580. The normalized spacial score (nSPS) is 11.7. The van der Waals surface area contributed by atoms with Crippen molar-refractivity contribution in [3.05, 3.63) is 57.9 Å². The number of nitrogens with two attached hydrogens (primary N) is 1. The fraction of sp³-hybridized carbons (Fsp3) is 0. The van der Waals surface area contributed by atoms with Crippen LogP contribution in [0.1, 0.15) is 0 Å². The molecule has 51 heavy (non-hydrogen) atoms. The van der Waals surface area contributed by atoms with E-state index in [0.29, 0.717) is 6.07 Å². The van der Waals surface area contributed by atoms with E-state index in [1.165, 1.54) is 6.07 Å². The van der Waals surface area contributed by atoms with Crippen LogP contribution < -0.4 is 110 Å². The zero-order valence-electron chi connectivity index (χ0n) is 25.6. The maximum absolute atomic E-state index is 13.3. The summed E-state index contributed by atoms with van der Waals surface area (Å²) in [6.07, 6.45) is 0. The van der Waals surface area contributed by atoms with Crippen LogP contribution in [0.15, 0.2) is 67.4 Å². The maximum atomic E-state index is 13.3. The van der Waals surface area contributed by atoms with Crippen molar-refractivity contribution in [3.8, 4) is 11.5 Å². The largest absolute Gasteiger partial charge is 2.00 e. The third-order valence-corrected chi connectivity index (χ3v) is 9.87. The molecule has 5 rings (SSSR count). The molecule has 3 N–H and O–H groups in total. The second-order valence-corrected chi connectivity index (χ2v) is 14.4. The van der Waals surface area contributed by atoms with E-state index in [1.54, 1.807) is 0 Å². The Balaban J connectivity index is 0.00000325. The van der Waals surface area contributed by atoms with Crippen molar-refractivity contribution >= 4 is 115 Å². The average molecular weight is 893 g/mol. The Hall–Kier alpha value is -0.601. The van der Waals surface area contributed by atoms with E-state index in [9.17, 15) is 49.1 Å². The first-order chi connectivity index (χ1) is 21.7. The van der Waals surface area contributed by atoms with E-state index in [1.807, 2.05) is 0 Å². The number of rotatable bonds is 7. The number of fused-ring (bicyclic) bond motifs is 2. The second kappa shape index (κ2) is 17.9. The van der Waals surface area contributed by atoms with Crippen LogP contribution in [0.25, 0.3) is 21.5 Å². The van der Waals surface area contributed by atoms with Crippen molar-refractivity contribution in [1.82, 2.24) is 9.97 Å². The molecule has 1 radical (unpaired) electrons. The first-order valence-corrected chi connectivity index (χ1v) is 17.3. The minimum absolute atomic E-state index is 0. The number of anilines is 3. The molecule has 1 aromatic heterocycles. The van der Waals surface area contributed by atoms with Crippen molar-refractivity contribution in [1.29, 1.82) is 0 Å². The van der Waals surface area contributed by atoms with Gasteiger partial charge in [0.05, 0.1) is 31.7 Å². The van der Waals surface area contributed by atoms with Gasteiger partial charge in [-0.15, -0.1) is 0 Å². The fourth-order valence-electron chi connectivity index (χ4n) is 4.39. The molecule has 17 nitrogen and oxygen atoms in total. The van der Waals surface area contributed by atoms with Gasteiger partial charge in [0.15, 0.2) is 11.0 Å². The molecule has 0 aliphatic heterocycles. The molecule has 0 bridgehead atoms. The number of hydrogen-bond acceptors (Lipinski definition) is 17. The summed E-state index contributed by atoms with van der Waals surface area (Å²) >= 11 is 17.8. The van der Waals surface area contributed by atoms with Crippen LogP contribution in [0, 0.1) is 0 Å². The Labute approximate surface area is 380 Å². The van der Waals surface area contributed by atoms with E-state index < -0.39 is 84.4 Å². The van der Waals surface area contributed by atoms with Crippen molar-refractivity contribution in [3.63, 3.8) is 0 Å². The summed E-state index contributed by atoms with van der Waals surface area (Å²) in [5, 5.41) is 33.6. The SMILES string of the molecule is Nc1c(S(=O)(=O)[O-])cc(S(=O)(=O)[O-])c2ccc(N=Nc3c([O-])cc(S(=O)(=O)[O-])c4cc(Nc5nc(Cl)nc(Cl)c5Cl)ccc34)c([O-])c12.[Cu+2].[Na+].[Na+].[Na+]. The van der Waals surface area contributed by atoms with Gasteiger partial charge in [-0.1, -0.05) is 46.8 Å². The van der Waals surface area contributed by atoms with Gasteiger partial charge in [0, 0.05) is 27.2 Å². The number of nitrogens with zero attached hydrogens (tertiary/aromatic N) is 4. The Morgan fingerprint density at radius 1 is 0.706 bits per heavy atom. The molecule has 0 saturated heterocycles. The van der Waals surface area contributed by atoms with Gasteiger partial charge in [-0.05, 0) is 41.9 Å². The molecule has 0 amide bonds. The molecule has 4 aromatic carbocycles. The number of nitrogens with one attached hydrogen (secondary N) is 1. The third-order valence-electron chi connectivity index (χ3n) is 6.35. The van der Waals surface area contributed by atoms with Crippen molar-refractivity contribution < 1.29 is 155 Å². The number of hydrogen-bond donors (Lipinski definition) is 2. The van der Waals surface area contributed by atoms with Crippen LogP contribution in [0.5, 0.6) is 11.5 Å². The van der Waals surface area contributed by atoms with Crippen LogP contribution in [-0.4, -0.2) is 48.9 Å². The van der Waals surface area contributed by atoms with Gasteiger partial charge < -0.3 is 34.9 Å². The summed E-state index contributed by atoms with van der Waals surface area (Å²) < 4.78 is 107. The van der Waals surface area contributed by atoms with Crippen LogP contribution in [0.3, 0.4) is 0 Å². The molecule has 0 spiro atoms. The van der Waals surface area contributed by atoms with Crippen LogP contribution >= 0.6 is 34.8 Å². The van der Waals surface area contributed by atoms with Gasteiger partial charge in [0.2, 0.25) is 5.28 Å². The molecular weight excluding hydrogens is 883 g/mol. The van der Waals surface area contributed by atoms with Crippen LogP contribution in [0.4, 0.5) is 28.6 Å². The van der Waals surface area contributed by atoms with Crippen molar-refractivity contribution in [2.24, 2.45) is 10.2 Å². The number of aromatic nitrogens is 2. The Morgan fingerprint density at radius 3 is 1.82 bits per heavy atom. The molecule has 0 aliphatic rings. The number of benzene rings is 4. The molecule has 0 unspecified atom stereocenters. The Morgan fingerprint density at radius 2 is 1.25 bits per heavy atom. The van der Waals surface area contributed by atoms with E-state index in [-0.39, 0.29) is 150 Å². The summed E-state index contributed by atoms with van der Waals surface area (Å²) in [5.74, 6) is -2.54. The standard InChI is InChI=1S/C24H15Cl3N6O11S3.Cu.3Na/c25-18-22(26)30-24(27)31-23(18)29-8-1-2-9-11(5-8)14(45(36,37)38)6-13(34)20(9)33-32-12-4-3-10-15(46(39,40)41)7-16(47(42,43)44)19(28)17(10)21(12)35;;;;/h1-7,34-35H,28H2,(H,29,30,31)(H,36,37,38)(H,39,40,41)(H,42,43,44);;;;/q;+2;3*+1/p-5. The topological polar surface area (TPSA) is 306 Å². The molecule has 27 heteroatoms. The monoisotopic (exact) mass is 891 g/mol. The zero-order valence-corrected chi connectivity index (χ0v) is 37.2. The predicted molar refractivity (Wildman–Crippen MR) is 160 cm³/mol. The first kappa shape index (κ1) is 48.4. The molecule has 1 heterocycles. The first-order valence-electron chi connectivity index (χ1n) is 12.0. The molecule has 0 fully saturated rings. The number of nitrogen functional groups attached to an aromatic ring is 1. The van der Waals surface area contributed by atoms with Gasteiger partial charge in [-0.3, -0.25) is 0 Å². The summed E-state index contributed by atoms with van der Waals surface area (Å²) in [7, 11) is -16.2. The van der Waals surface area contributed by atoms with Gasteiger partial charge in [0.25, 0.3) is 0 Å². The summed E-state index contributed by atoms with van der Waals surface area (Å²) in [6, 6.07) is 5.98. The van der Waals surface area contributed by atoms with Crippen molar-refractivity contribution in [2.45, 2.75) is 14.7 Å². The maximum Gasteiger partial charge on any atom is 2.00 e. The smallest absolute Gasteiger partial charge is 0.871 e. The number of halogens is 3. The molecule has 0 atom stereocenters. The molecule has 0 saturated carbocycles. The molecule has 0 aliphatic carbocycles. The van der Waals surface area contributed by atoms with Crippen LogP contribution in [-0.2, 0) is 47.4 Å². The van der Waals surface area contributed by atoms with E-state index in [0.717, 1.165) is 24.3 Å². The van der Waals surface area contributed by atoms with E-state index in [2.05, 4.69) is 25.5 Å².